The molecule has 0 fully saturated rings. The standard InChI is InChI=1S/C8H10O3/c9-7(8(10)11)5-6-3-1-2-4-6/h1-3,7,9H,4-5H2,(H,10,11)/t7-/m1/s1. The summed E-state index contributed by atoms with van der Waals surface area (Å²) in [6.07, 6.45) is 5.40. The number of aliphatic carboxylic acids is 1. The average molecular weight is 154 g/mol. The summed E-state index contributed by atoms with van der Waals surface area (Å²) < 4.78 is 0. The quantitative estimate of drug-likeness (QED) is 0.629. The highest BCUT2D eigenvalue weighted by Gasteiger charge is 2.14. The molecule has 0 aliphatic heterocycles. The first-order valence-corrected chi connectivity index (χ1v) is 3.45. The van der Waals surface area contributed by atoms with Crippen molar-refractivity contribution in [1.82, 2.24) is 0 Å². The van der Waals surface area contributed by atoms with Gasteiger partial charge < -0.3 is 10.2 Å². The fourth-order valence-electron chi connectivity index (χ4n) is 0.979. The third kappa shape index (κ3) is 2.20. The highest BCUT2D eigenvalue weighted by atomic mass is 16.4. The van der Waals surface area contributed by atoms with Gasteiger partial charge in [0, 0.05) is 6.42 Å². The van der Waals surface area contributed by atoms with Crippen molar-refractivity contribution in [3.05, 3.63) is 23.8 Å². The van der Waals surface area contributed by atoms with Gasteiger partial charge in [-0.1, -0.05) is 23.8 Å². The summed E-state index contributed by atoms with van der Waals surface area (Å²) in [7, 11) is 0. The van der Waals surface area contributed by atoms with Crippen LogP contribution in [0.2, 0.25) is 0 Å². The van der Waals surface area contributed by atoms with Crippen LogP contribution in [0.5, 0.6) is 0 Å². The van der Waals surface area contributed by atoms with E-state index in [1.165, 1.54) is 0 Å². The molecule has 0 amide bonds. The van der Waals surface area contributed by atoms with E-state index in [9.17, 15) is 4.79 Å². The predicted molar refractivity (Wildman–Crippen MR) is 40.1 cm³/mol. The van der Waals surface area contributed by atoms with Crippen molar-refractivity contribution in [2.24, 2.45) is 0 Å². The minimum Gasteiger partial charge on any atom is -0.479 e. The van der Waals surface area contributed by atoms with Gasteiger partial charge in [0.15, 0.2) is 6.10 Å². The first-order valence-electron chi connectivity index (χ1n) is 3.45. The second-order valence-corrected chi connectivity index (χ2v) is 2.52. The van der Waals surface area contributed by atoms with Crippen LogP contribution < -0.4 is 0 Å². The molecule has 1 rings (SSSR count). The van der Waals surface area contributed by atoms with E-state index in [4.69, 9.17) is 10.2 Å². The van der Waals surface area contributed by atoms with Crippen LogP contribution in [-0.2, 0) is 4.79 Å². The van der Waals surface area contributed by atoms with Gasteiger partial charge in [-0.25, -0.2) is 4.79 Å². The van der Waals surface area contributed by atoms with Crippen LogP contribution in [0.1, 0.15) is 12.8 Å². The third-order valence-corrected chi connectivity index (χ3v) is 1.59. The lowest BCUT2D eigenvalue weighted by molar-refractivity contribution is -0.146. The van der Waals surface area contributed by atoms with Gasteiger partial charge in [-0.2, -0.15) is 0 Å². The van der Waals surface area contributed by atoms with Crippen LogP contribution in [-0.4, -0.2) is 22.3 Å². The zero-order valence-corrected chi connectivity index (χ0v) is 6.03. The molecule has 1 aliphatic rings. The Morgan fingerprint density at radius 1 is 1.73 bits per heavy atom. The van der Waals surface area contributed by atoms with Gasteiger partial charge in [0.05, 0.1) is 0 Å². The predicted octanol–water partition coefficient (Wildman–Crippen LogP) is 0.708. The van der Waals surface area contributed by atoms with Gasteiger partial charge in [0.1, 0.15) is 0 Å². The van der Waals surface area contributed by atoms with Gasteiger partial charge in [-0.3, -0.25) is 0 Å². The summed E-state index contributed by atoms with van der Waals surface area (Å²) in [6.45, 7) is 0. The second kappa shape index (κ2) is 3.34. The van der Waals surface area contributed by atoms with Crippen molar-refractivity contribution < 1.29 is 15.0 Å². The van der Waals surface area contributed by atoms with E-state index in [0.29, 0.717) is 0 Å². The molecule has 0 bridgehead atoms. The fraction of sp³-hybridized carbons (Fsp3) is 0.375. The lowest BCUT2D eigenvalue weighted by Gasteiger charge is -2.04. The Hall–Kier alpha value is -1.09. The number of carboxylic acids is 1. The van der Waals surface area contributed by atoms with E-state index in [2.05, 4.69) is 0 Å². The lowest BCUT2D eigenvalue weighted by Crippen LogP contribution is -2.19. The Kier molecular flexibility index (Phi) is 2.44. The molecule has 0 saturated carbocycles. The molecule has 1 atom stereocenters. The van der Waals surface area contributed by atoms with Crippen molar-refractivity contribution in [3.8, 4) is 0 Å². The largest absolute Gasteiger partial charge is 0.479 e. The number of aliphatic hydroxyl groups excluding tert-OH is 1. The molecule has 0 aromatic carbocycles. The zero-order valence-electron chi connectivity index (χ0n) is 6.03. The van der Waals surface area contributed by atoms with Gasteiger partial charge in [0.25, 0.3) is 0 Å². The molecule has 0 aromatic heterocycles. The van der Waals surface area contributed by atoms with E-state index < -0.39 is 12.1 Å². The normalized spacial score (nSPS) is 18.1. The van der Waals surface area contributed by atoms with Gasteiger partial charge in [0.2, 0.25) is 0 Å². The van der Waals surface area contributed by atoms with Crippen LogP contribution >= 0.6 is 0 Å². The van der Waals surface area contributed by atoms with Crippen LogP contribution in [0, 0.1) is 0 Å². The SMILES string of the molecule is O=C(O)[C@H](O)CC1=CC=CC1. The molecular formula is C8H10O3. The van der Waals surface area contributed by atoms with Gasteiger partial charge in [-0.15, -0.1) is 0 Å². The number of rotatable bonds is 3. The molecule has 0 spiro atoms. The van der Waals surface area contributed by atoms with E-state index in [1.807, 2.05) is 18.2 Å². The molecule has 0 saturated heterocycles. The first-order chi connectivity index (χ1) is 5.20. The Bertz CT molecular complexity index is 215. The fourth-order valence-corrected chi connectivity index (χ4v) is 0.979. The van der Waals surface area contributed by atoms with Gasteiger partial charge in [-0.05, 0) is 6.42 Å². The molecule has 11 heavy (non-hydrogen) atoms. The lowest BCUT2D eigenvalue weighted by atomic mass is 10.1. The molecular weight excluding hydrogens is 144 g/mol. The molecule has 0 unspecified atom stereocenters. The van der Waals surface area contributed by atoms with Crippen molar-refractivity contribution >= 4 is 5.97 Å². The van der Waals surface area contributed by atoms with Crippen molar-refractivity contribution in [3.63, 3.8) is 0 Å². The Labute approximate surface area is 64.7 Å². The Morgan fingerprint density at radius 2 is 2.45 bits per heavy atom. The van der Waals surface area contributed by atoms with Crippen LogP contribution in [0.25, 0.3) is 0 Å². The number of aliphatic hydroxyl groups is 1. The first kappa shape index (κ1) is 8.01. The molecule has 3 nitrogen and oxygen atoms in total. The maximum absolute atomic E-state index is 10.2. The van der Waals surface area contributed by atoms with Crippen molar-refractivity contribution in [2.45, 2.75) is 18.9 Å². The van der Waals surface area contributed by atoms with Crippen LogP contribution in [0.3, 0.4) is 0 Å². The Balaban J connectivity index is 2.37. The molecule has 60 valence electrons. The summed E-state index contributed by atoms with van der Waals surface area (Å²) in [5, 5.41) is 17.3. The number of hydrogen-bond donors (Lipinski definition) is 2. The highest BCUT2D eigenvalue weighted by Crippen LogP contribution is 2.15. The maximum Gasteiger partial charge on any atom is 0.332 e. The van der Waals surface area contributed by atoms with Crippen molar-refractivity contribution in [1.29, 1.82) is 0 Å². The average Bonchev–Trinajstić information content (AvgIpc) is 2.39. The summed E-state index contributed by atoms with van der Waals surface area (Å²) in [5.74, 6) is -1.15. The van der Waals surface area contributed by atoms with Gasteiger partial charge >= 0.3 is 5.97 Å². The summed E-state index contributed by atoms with van der Waals surface area (Å²) >= 11 is 0. The molecule has 2 N–H and O–H groups in total. The smallest absolute Gasteiger partial charge is 0.332 e. The van der Waals surface area contributed by atoms with E-state index in [1.54, 1.807) is 0 Å². The minimum atomic E-state index is -1.25. The molecule has 1 aliphatic carbocycles. The highest BCUT2D eigenvalue weighted by molar-refractivity contribution is 5.72. The zero-order chi connectivity index (χ0) is 8.27. The van der Waals surface area contributed by atoms with E-state index >= 15 is 0 Å². The number of carbonyl (C=O) groups is 1. The summed E-state index contributed by atoms with van der Waals surface area (Å²) in [6, 6.07) is 0. The number of allylic oxidation sites excluding steroid dienone is 3. The van der Waals surface area contributed by atoms with E-state index in [-0.39, 0.29) is 6.42 Å². The Morgan fingerprint density at radius 3 is 2.91 bits per heavy atom. The molecule has 0 radical (unpaired) electrons. The number of hydrogen-bond acceptors (Lipinski definition) is 2. The summed E-state index contributed by atoms with van der Waals surface area (Å²) in [4.78, 5) is 10.2. The second-order valence-electron chi connectivity index (χ2n) is 2.52. The van der Waals surface area contributed by atoms with E-state index in [0.717, 1.165) is 12.0 Å². The summed E-state index contributed by atoms with van der Waals surface area (Å²) in [5.41, 5.74) is 0.972. The molecule has 0 aromatic rings. The molecule has 0 heterocycles. The van der Waals surface area contributed by atoms with Crippen LogP contribution in [0.4, 0.5) is 0 Å². The topological polar surface area (TPSA) is 57.5 Å². The van der Waals surface area contributed by atoms with Crippen LogP contribution in [0.15, 0.2) is 23.8 Å². The van der Waals surface area contributed by atoms with Crippen molar-refractivity contribution in [2.75, 3.05) is 0 Å². The molecule has 3 heteroatoms. The maximum atomic E-state index is 10.2. The minimum absolute atomic E-state index is 0.238. The monoisotopic (exact) mass is 154 g/mol. The number of carboxylic acid groups (broad SMARTS) is 1. The third-order valence-electron chi connectivity index (χ3n) is 1.59.